The van der Waals surface area contributed by atoms with Crippen LogP contribution in [0, 0.1) is 0 Å². The Balaban J connectivity index is 0.00000196. The molecule has 0 heterocycles. The Kier molecular flexibility index (Phi) is 8.18. The second-order valence-electron chi connectivity index (χ2n) is 5.46. The number of fused-ring (bicyclic) bond motifs is 2. The Labute approximate surface area is 173 Å². The lowest BCUT2D eigenvalue weighted by Crippen LogP contribution is -2.21. The number of hydrogen-bond donors (Lipinski definition) is 4. The number of benzene rings is 3. The zero-order chi connectivity index (χ0) is 18.5. The van der Waals surface area contributed by atoms with Gasteiger partial charge in [0, 0.05) is 11.1 Å². The number of hydrogen-bond acceptors (Lipinski definition) is 4. The molecule has 0 fully saturated rings. The van der Waals surface area contributed by atoms with Crippen LogP contribution in [-0.4, -0.2) is 24.3 Å². The maximum Gasteiger partial charge on any atom is 0.211 e. The molecule has 3 aromatic carbocycles. The second-order valence-corrected chi connectivity index (χ2v) is 5.46. The van der Waals surface area contributed by atoms with Crippen LogP contribution in [0.3, 0.4) is 0 Å². The molecule has 0 aliphatic heterocycles. The van der Waals surface area contributed by atoms with Crippen LogP contribution in [0.4, 0.5) is 0 Å². The van der Waals surface area contributed by atoms with Crippen molar-refractivity contribution < 1.29 is 0 Å². The Morgan fingerprint density at radius 1 is 0.571 bits per heavy atom. The monoisotopic (exact) mass is 418 g/mol. The van der Waals surface area contributed by atoms with Crippen LogP contribution in [0.25, 0.3) is 21.5 Å². The molecular weight excluding hydrogens is 399 g/mol. The summed E-state index contributed by atoms with van der Waals surface area (Å²) in [6.45, 7) is 0. The van der Waals surface area contributed by atoms with E-state index in [1.54, 1.807) is 12.4 Å². The van der Waals surface area contributed by atoms with E-state index < -0.39 is 0 Å². The van der Waals surface area contributed by atoms with Gasteiger partial charge < -0.3 is 22.9 Å². The summed E-state index contributed by atoms with van der Waals surface area (Å²) in [5.41, 5.74) is 23.2. The molecular formula is C18H20Cl2N8. The lowest BCUT2D eigenvalue weighted by atomic mass is 9.92. The predicted octanol–water partition coefficient (Wildman–Crippen LogP) is 2.05. The van der Waals surface area contributed by atoms with Crippen LogP contribution < -0.4 is 22.9 Å². The third-order valence-corrected chi connectivity index (χ3v) is 3.73. The number of rotatable bonds is 4. The summed E-state index contributed by atoms with van der Waals surface area (Å²) in [7, 11) is 0. The smallest absolute Gasteiger partial charge is 0.211 e. The second kappa shape index (κ2) is 10.1. The standard InChI is InChI=1S/C18H18N8.2ClH/c19-17(20)25-23-9-15-11-5-1-2-6-12(11)16(10-24-26-18(21)22)14-8-4-3-7-13(14)15;;/h1-10H,(H4,19,20,25)(H4,21,22,26);2*1H/b23-9+,24-10+;;. The summed E-state index contributed by atoms with van der Waals surface area (Å²) >= 11 is 0. The molecule has 10 heteroatoms. The van der Waals surface area contributed by atoms with Crippen molar-refractivity contribution in [3.63, 3.8) is 0 Å². The van der Waals surface area contributed by atoms with Crippen molar-refractivity contribution in [1.29, 1.82) is 0 Å². The summed E-state index contributed by atoms with van der Waals surface area (Å²) in [4.78, 5) is 0. The van der Waals surface area contributed by atoms with E-state index in [1.165, 1.54) is 0 Å². The minimum absolute atomic E-state index is 0. The molecule has 3 aromatic rings. The van der Waals surface area contributed by atoms with E-state index in [0.29, 0.717) is 0 Å². The van der Waals surface area contributed by atoms with Crippen LogP contribution >= 0.6 is 24.8 Å². The highest BCUT2D eigenvalue weighted by atomic mass is 35.5. The highest BCUT2D eigenvalue weighted by Gasteiger charge is 2.11. The molecule has 0 bridgehead atoms. The van der Waals surface area contributed by atoms with E-state index in [-0.39, 0.29) is 36.7 Å². The van der Waals surface area contributed by atoms with E-state index in [4.69, 9.17) is 22.9 Å². The fourth-order valence-corrected chi connectivity index (χ4v) is 2.78. The molecule has 0 aromatic heterocycles. The van der Waals surface area contributed by atoms with Crippen LogP contribution in [-0.2, 0) is 0 Å². The minimum Gasteiger partial charge on any atom is -0.369 e. The molecule has 0 spiro atoms. The lowest BCUT2D eigenvalue weighted by Gasteiger charge is -2.11. The first-order chi connectivity index (χ1) is 12.6. The number of nitrogens with two attached hydrogens (primary N) is 4. The summed E-state index contributed by atoms with van der Waals surface area (Å²) < 4.78 is 0. The molecule has 146 valence electrons. The van der Waals surface area contributed by atoms with Crippen LogP contribution in [0.15, 0.2) is 68.9 Å². The fourth-order valence-electron chi connectivity index (χ4n) is 2.78. The summed E-state index contributed by atoms with van der Waals surface area (Å²) in [6, 6.07) is 15.8. The predicted molar refractivity (Wildman–Crippen MR) is 123 cm³/mol. The van der Waals surface area contributed by atoms with Crippen molar-refractivity contribution in [3.05, 3.63) is 59.7 Å². The van der Waals surface area contributed by atoms with Gasteiger partial charge in [0.05, 0.1) is 12.4 Å². The average molecular weight is 419 g/mol. The quantitative estimate of drug-likeness (QED) is 0.221. The van der Waals surface area contributed by atoms with E-state index in [0.717, 1.165) is 32.7 Å². The van der Waals surface area contributed by atoms with Gasteiger partial charge in [0.1, 0.15) is 0 Å². The molecule has 0 amide bonds. The van der Waals surface area contributed by atoms with Gasteiger partial charge >= 0.3 is 0 Å². The molecule has 3 rings (SSSR count). The van der Waals surface area contributed by atoms with Crippen molar-refractivity contribution in [2.45, 2.75) is 0 Å². The molecule has 28 heavy (non-hydrogen) atoms. The van der Waals surface area contributed by atoms with E-state index in [2.05, 4.69) is 20.4 Å². The van der Waals surface area contributed by atoms with Gasteiger partial charge in [-0.1, -0.05) is 48.5 Å². The zero-order valence-electron chi connectivity index (χ0n) is 14.7. The van der Waals surface area contributed by atoms with Gasteiger partial charge in [-0.05, 0) is 21.5 Å². The highest BCUT2D eigenvalue weighted by molar-refractivity contribution is 6.21. The third kappa shape index (κ3) is 4.87. The van der Waals surface area contributed by atoms with Gasteiger partial charge in [-0.15, -0.1) is 35.0 Å². The van der Waals surface area contributed by atoms with Gasteiger partial charge in [0.15, 0.2) is 0 Å². The normalized spacial score (nSPS) is 10.6. The third-order valence-electron chi connectivity index (χ3n) is 3.73. The molecule has 0 unspecified atom stereocenters. The first-order valence-electron chi connectivity index (χ1n) is 7.75. The molecule has 8 N–H and O–H groups in total. The van der Waals surface area contributed by atoms with E-state index in [9.17, 15) is 0 Å². The van der Waals surface area contributed by atoms with E-state index >= 15 is 0 Å². The van der Waals surface area contributed by atoms with Crippen molar-refractivity contribution >= 4 is 70.7 Å². The van der Waals surface area contributed by atoms with Crippen LogP contribution in [0.1, 0.15) is 11.1 Å². The van der Waals surface area contributed by atoms with Crippen molar-refractivity contribution in [2.75, 3.05) is 0 Å². The number of guanidine groups is 2. The van der Waals surface area contributed by atoms with Crippen LogP contribution in [0.5, 0.6) is 0 Å². The molecule has 0 aliphatic carbocycles. The highest BCUT2D eigenvalue weighted by Crippen LogP contribution is 2.31. The first-order valence-corrected chi connectivity index (χ1v) is 7.75. The summed E-state index contributed by atoms with van der Waals surface area (Å²) in [5.74, 6) is -0.202. The Hall–Kier alpha value is -3.36. The Morgan fingerprint density at radius 3 is 1.11 bits per heavy atom. The van der Waals surface area contributed by atoms with E-state index in [1.807, 2.05) is 48.5 Å². The maximum atomic E-state index is 5.35. The molecule has 0 radical (unpaired) electrons. The molecule has 0 saturated heterocycles. The summed E-state index contributed by atoms with van der Waals surface area (Å²) in [6.07, 6.45) is 3.28. The maximum absolute atomic E-state index is 5.35. The molecule has 0 saturated carbocycles. The van der Waals surface area contributed by atoms with Gasteiger partial charge in [-0.25, -0.2) is 0 Å². The minimum atomic E-state index is -0.101. The van der Waals surface area contributed by atoms with Gasteiger partial charge in [-0.3, -0.25) is 0 Å². The van der Waals surface area contributed by atoms with Gasteiger partial charge in [0.2, 0.25) is 11.9 Å². The van der Waals surface area contributed by atoms with Crippen molar-refractivity contribution in [2.24, 2.45) is 43.3 Å². The molecule has 8 nitrogen and oxygen atoms in total. The summed E-state index contributed by atoms with van der Waals surface area (Å²) in [5, 5.41) is 19.3. The molecule has 0 atom stereocenters. The topological polar surface area (TPSA) is 154 Å². The van der Waals surface area contributed by atoms with Crippen molar-refractivity contribution in [3.8, 4) is 0 Å². The first kappa shape index (κ1) is 22.7. The SMILES string of the molecule is Cl.Cl.NC(N)=N/N=C/c1c2ccccc2c(/C=N/N=C(N)N)c2ccccc12. The van der Waals surface area contributed by atoms with Gasteiger partial charge in [0.25, 0.3) is 0 Å². The van der Waals surface area contributed by atoms with Crippen LogP contribution in [0.2, 0.25) is 0 Å². The number of nitrogens with zero attached hydrogens (tertiary/aromatic N) is 4. The Morgan fingerprint density at radius 2 is 0.857 bits per heavy atom. The lowest BCUT2D eigenvalue weighted by molar-refractivity contribution is 1.22. The fraction of sp³-hybridized carbons (Fsp3) is 0. The van der Waals surface area contributed by atoms with Crippen molar-refractivity contribution in [1.82, 2.24) is 0 Å². The largest absolute Gasteiger partial charge is 0.369 e. The van der Waals surface area contributed by atoms with Gasteiger partial charge in [-0.2, -0.15) is 10.2 Å². The Bertz CT molecular complexity index is 939. The number of halogens is 2. The molecule has 0 aliphatic rings. The zero-order valence-corrected chi connectivity index (χ0v) is 16.3. The average Bonchev–Trinajstić information content (AvgIpc) is 2.62.